The van der Waals surface area contributed by atoms with E-state index in [1.165, 1.54) is 24.0 Å². The Morgan fingerprint density at radius 1 is 1.59 bits per heavy atom. The van der Waals surface area contributed by atoms with E-state index in [1.54, 1.807) is 0 Å². The molecule has 1 rings (SSSR count). The van der Waals surface area contributed by atoms with E-state index in [4.69, 9.17) is 5.11 Å². The molecule has 96 valence electrons. The zero-order chi connectivity index (χ0) is 13.0. The van der Waals surface area contributed by atoms with Crippen LogP contribution < -0.4 is 0 Å². The van der Waals surface area contributed by atoms with Crippen LogP contribution >= 0.6 is 15.9 Å². The van der Waals surface area contributed by atoms with Crippen LogP contribution in [0.15, 0.2) is 12.4 Å². The minimum atomic E-state index is -1.05. The molecule has 3 N–H and O–H groups in total. The summed E-state index contributed by atoms with van der Waals surface area (Å²) in [5, 5.41) is 32.6. The largest absolute Gasteiger partial charge is 0.480 e. The molecule has 1 aromatic heterocycles. The third-order valence-corrected chi connectivity index (χ3v) is 2.94. The molecule has 2 unspecified atom stereocenters. The van der Waals surface area contributed by atoms with Crippen LogP contribution in [0.2, 0.25) is 0 Å². The van der Waals surface area contributed by atoms with Crippen molar-refractivity contribution in [1.82, 2.24) is 9.78 Å². The van der Waals surface area contributed by atoms with Crippen LogP contribution in [0.3, 0.4) is 0 Å². The minimum absolute atomic E-state index is 0.404. The molecule has 0 bridgehead atoms. The third-order valence-electron chi connectivity index (χ3n) is 2.49. The van der Waals surface area contributed by atoms with Crippen molar-refractivity contribution < 1.29 is 20.1 Å². The van der Waals surface area contributed by atoms with Gasteiger partial charge < -0.3 is 15.3 Å². The van der Waals surface area contributed by atoms with E-state index in [1.807, 2.05) is 0 Å². The maximum Gasteiger partial charge on any atom is 0.328 e. The highest BCUT2D eigenvalue weighted by atomic mass is 79.9. The summed E-state index contributed by atoms with van der Waals surface area (Å²) in [5.74, 6) is -1.00. The van der Waals surface area contributed by atoms with Crippen LogP contribution in [0.4, 0.5) is 0 Å². The number of aliphatic hydroxyl groups is 2. The zero-order valence-electron chi connectivity index (χ0n) is 9.32. The standard InChI is InChI=1S/C10H15BrN2O4/c1-6(10(16)17)13-5-7(4-12-13)9(15)8(14)2-3-11/h4-6,8-9,14-15H,2-3H2,1H3,(H,16,17)/t6-,8?,9?/m0/s1. The van der Waals surface area contributed by atoms with Crippen LogP contribution in [0.5, 0.6) is 0 Å². The number of aromatic nitrogens is 2. The second kappa shape index (κ2) is 6.13. The Kier molecular flexibility index (Phi) is 5.10. The average Bonchev–Trinajstić information content (AvgIpc) is 2.76. The minimum Gasteiger partial charge on any atom is -0.480 e. The summed E-state index contributed by atoms with van der Waals surface area (Å²) in [6.07, 6.45) is 1.25. The van der Waals surface area contributed by atoms with E-state index in [0.717, 1.165) is 0 Å². The molecule has 0 saturated heterocycles. The Morgan fingerprint density at radius 2 is 2.24 bits per heavy atom. The summed E-state index contributed by atoms with van der Waals surface area (Å²) < 4.78 is 1.24. The van der Waals surface area contributed by atoms with Gasteiger partial charge in [0.05, 0.1) is 12.3 Å². The van der Waals surface area contributed by atoms with Crippen LogP contribution in [0.1, 0.15) is 31.1 Å². The van der Waals surface area contributed by atoms with E-state index in [2.05, 4.69) is 21.0 Å². The molecule has 0 amide bonds. The first-order valence-electron chi connectivity index (χ1n) is 5.16. The van der Waals surface area contributed by atoms with Crippen molar-refractivity contribution in [3.05, 3.63) is 18.0 Å². The lowest BCUT2D eigenvalue weighted by Crippen LogP contribution is -2.18. The normalized spacial score (nSPS) is 16.5. The van der Waals surface area contributed by atoms with Gasteiger partial charge in [0.1, 0.15) is 12.1 Å². The molecule has 1 aromatic rings. The number of hydrogen-bond donors (Lipinski definition) is 3. The Hall–Kier alpha value is -0.920. The summed E-state index contributed by atoms with van der Waals surface area (Å²) in [4.78, 5) is 10.7. The molecule has 0 radical (unpaired) electrons. The lowest BCUT2D eigenvalue weighted by Gasteiger charge is -2.15. The van der Waals surface area contributed by atoms with Gasteiger partial charge in [-0.1, -0.05) is 15.9 Å². The number of aliphatic carboxylic acids is 1. The summed E-state index contributed by atoms with van der Waals surface area (Å²) >= 11 is 3.17. The smallest absolute Gasteiger partial charge is 0.328 e. The van der Waals surface area contributed by atoms with Crippen molar-refractivity contribution in [3.63, 3.8) is 0 Å². The maximum atomic E-state index is 10.7. The third kappa shape index (κ3) is 3.52. The predicted molar refractivity (Wildman–Crippen MR) is 64.0 cm³/mol. The van der Waals surface area contributed by atoms with E-state index >= 15 is 0 Å². The Bertz CT molecular complexity index is 382. The van der Waals surface area contributed by atoms with Crippen molar-refractivity contribution in [3.8, 4) is 0 Å². The van der Waals surface area contributed by atoms with Gasteiger partial charge in [-0.25, -0.2) is 4.79 Å². The van der Waals surface area contributed by atoms with E-state index in [-0.39, 0.29) is 0 Å². The number of alkyl halides is 1. The summed E-state index contributed by atoms with van der Waals surface area (Å²) in [5.41, 5.74) is 0.409. The molecule has 7 heteroatoms. The second-order valence-corrected chi connectivity index (χ2v) is 4.55. The topological polar surface area (TPSA) is 95.6 Å². The Balaban J connectivity index is 2.77. The van der Waals surface area contributed by atoms with E-state index in [0.29, 0.717) is 17.3 Å². The fraction of sp³-hybridized carbons (Fsp3) is 0.600. The quantitative estimate of drug-likeness (QED) is 0.673. The molecule has 0 aliphatic carbocycles. The van der Waals surface area contributed by atoms with Gasteiger partial charge in [0.25, 0.3) is 0 Å². The van der Waals surface area contributed by atoms with Gasteiger partial charge in [0.15, 0.2) is 0 Å². The summed E-state index contributed by atoms with van der Waals surface area (Å²) in [7, 11) is 0. The van der Waals surface area contributed by atoms with Crippen molar-refractivity contribution in [2.45, 2.75) is 31.6 Å². The molecule has 0 saturated carbocycles. The molecule has 6 nitrogen and oxygen atoms in total. The molecule has 0 aromatic carbocycles. The molecule has 3 atom stereocenters. The monoisotopic (exact) mass is 306 g/mol. The fourth-order valence-corrected chi connectivity index (χ4v) is 1.79. The van der Waals surface area contributed by atoms with Gasteiger partial charge in [0, 0.05) is 17.1 Å². The van der Waals surface area contributed by atoms with Gasteiger partial charge in [-0.15, -0.1) is 0 Å². The highest BCUT2D eigenvalue weighted by molar-refractivity contribution is 9.09. The van der Waals surface area contributed by atoms with Crippen molar-refractivity contribution >= 4 is 21.9 Å². The van der Waals surface area contributed by atoms with Crippen LogP contribution in [0.25, 0.3) is 0 Å². The van der Waals surface area contributed by atoms with E-state index in [9.17, 15) is 15.0 Å². The SMILES string of the molecule is C[C@@H](C(=O)O)n1cc(C(O)C(O)CCBr)cn1. The van der Waals surface area contributed by atoms with Gasteiger partial charge in [-0.05, 0) is 13.3 Å². The lowest BCUT2D eigenvalue weighted by molar-refractivity contribution is -0.140. The van der Waals surface area contributed by atoms with Crippen molar-refractivity contribution in [2.24, 2.45) is 0 Å². The number of carboxylic acid groups (broad SMARTS) is 1. The molecule has 0 spiro atoms. The van der Waals surface area contributed by atoms with Crippen LogP contribution in [-0.2, 0) is 4.79 Å². The highest BCUT2D eigenvalue weighted by Crippen LogP contribution is 2.20. The first-order valence-corrected chi connectivity index (χ1v) is 6.28. The Morgan fingerprint density at radius 3 is 2.76 bits per heavy atom. The average molecular weight is 307 g/mol. The van der Waals surface area contributed by atoms with Crippen molar-refractivity contribution in [1.29, 1.82) is 0 Å². The molecule has 17 heavy (non-hydrogen) atoms. The molecule has 0 fully saturated rings. The molecular weight excluding hydrogens is 292 g/mol. The number of halogens is 1. The maximum absolute atomic E-state index is 10.7. The number of carboxylic acids is 1. The molecule has 1 heterocycles. The van der Waals surface area contributed by atoms with Crippen LogP contribution in [0, 0.1) is 0 Å². The zero-order valence-corrected chi connectivity index (χ0v) is 10.9. The van der Waals surface area contributed by atoms with Crippen molar-refractivity contribution in [2.75, 3.05) is 5.33 Å². The lowest BCUT2D eigenvalue weighted by atomic mass is 10.1. The number of rotatable bonds is 6. The highest BCUT2D eigenvalue weighted by Gasteiger charge is 2.21. The molecule has 0 aliphatic rings. The first kappa shape index (κ1) is 14.1. The number of hydrogen-bond acceptors (Lipinski definition) is 4. The molecular formula is C10H15BrN2O4. The Labute approximate surface area is 107 Å². The second-order valence-electron chi connectivity index (χ2n) is 3.76. The van der Waals surface area contributed by atoms with Gasteiger partial charge in [-0.2, -0.15) is 5.10 Å². The van der Waals surface area contributed by atoms with Crippen LogP contribution in [-0.4, -0.2) is 42.5 Å². The fourth-order valence-electron chi connectivity index (χ4n) is 1.32. The van der Waals surface area contributed by atoms with E-state index < -0.39 is 24.2 Å². The number of nitrogens with zero attached hydrogens (tertiary/aromatic N) is 2. The number of aliphatic hydroxyl groups excluding tert-OH is 2. The number of carbonyl (C=O) groups is 1. The first-order chi connectivity index (χ1) is 7.97. The summed E-state index contributed by atoms with van der Waals surface area (Å²) in [6.45, 7) is 1.49. The predicted octanol–water partition coefficient (Wildman–Crippen LogP) is 0.708. The molecule has 0 aliphatic heterocycles. The van der Waals surface area contributed by atoms with Gasteiger partial charge in [-0.3, -0.25) is 4.68 Å². The van der Waals surface area contributed by atoms with Gasteiger partial charge >= 0.3 is 5.97 Å². The summed E-state index contributed by atoms with van der Waals surface area (Å²) in [6, 6.07) is -0.802. The van der Waals surface area contributed by atoms with Gasteiger partial charge in [0.2, 0.25) is 0 Å².